The van der Waals surface area contributed by atoms with E-state index in [9.17, 15) is 8.42 Å². The van der Waals surface area contributed by atoms with Crippen LogP contribution in [-0.4, -0.2) is 27.3 Å². The minimum Gasteiger partial charge on any atom is -0.316 e. The van der Waals surface area contributed by atoms with Crippen LogP contribution in [0, 0.1) is 12.8 Å². The predicted molar refractivity (Wildman–Crippen MR) is 80.2 cm³/mol. The summed E-state index contributed by atoms with van der Waals surface area (Å²) in [5.74, 6) is 0.871. The van der Waals surface area contributed by atoms with E-state index in [-0.39, 0.29) is 5.75 Å². The maximum absolute atomic E-state index is 12.0. The molecular weight excluding hydrogens is 258 g/mol. The van der Waals surface area contributed by atoms with Crippen LogP contribution >= 0.6 is 0 Å². The second-order valence-corrected chi connectivity index (χ2v) is 7.53. The molecule has 0 radical (unpaired) electrons. The van der Waals surface area contributed by atoms with Crippen molar-refractivity contribution < 1.29 is 8.42 Å². The van der Waals surface area contributed by atoms with Gasteiger partial charge in [-0.3, -0.25) is 0 Å². The van der Waals surface area contributed by atoms with E-state index in [4.69, 9.17) is 0 Å². The van der Waals surface area contributed by atoms with Gasteiger partial charge in [0, 0.05) is 6.54 Å². The minimum absolute atomic E-state index is 0.164. The van der Waals surface area contributed by atoms with Crippen LogP contribution in [-0.2, 0) is 9.84 Å². The second kappa shape index (κ2) is 7.65. The van der Waals surface area contributed by atoms with E-state index in [1.54, 1.807) is 12.1 Å². The minimum atomic E-state index is -3.14. The fraction of sp³-hybridized carbons (Fsp3) is 0.600. The SMILES string of the molecule is Cc1ccc(S(=O)(=O)CCNCCCC(C)C)cc1. The normalized spacial score (nSPS) is 12.0. The van der Waals surface area contributed by atoms with Crippen LogP contribution in [0.3, 0.4) is 0 Å². The molecule has 0 bridgehead atoms. The van der Waals surface area contributed by atoms with Crippen molar-refractivity contribution in [2.75, 3.05) is 18.8 Å². The number of aryl methyl sites for hydroxylation is 1. The van der Waals surface area contributed by atoms with E-state index in [1.165, 1.54) is 6.42 Å². The Balaban J connectivity index is 2.33. The first-order chi connectivity index (χ1) is 8.92. The van der Waals surface area contributed by atoms with Crippen LogP contribution in [0.25, 0.3) is 0 Å². The first kappa shape index (κ1) is 16.2. The summed E-state index contributed by atoms with van der Waals surface area (Å²) in [6.07, 6.45) is 2.28. The molecule has 0 saturated carbocycles. The van der Waals surface area contributed by atoms with Crippen molar-refractivity contribution in [3.8, 4) is 0 Å². The molecule has 0 aromatic heterocycles. The Morgan fingerprint density at radius 2 is 1.74 bits per heavy atom. The van der Waals surface area contributed by atoms with Crippen LogP contribution in [0.1, 0.15) is 32.3 Å². The van der Waals surface area contributed by atoms with E-state index < -0.39 is 9.84 Å². The summed E-state index contributed by atoms with van der Waals surface area (Å²) < 4.78 is 24.1. The topological polar surface area (TPSA) is 46.2 Å². The molecule has 1 rings (SSSR count). The first-order valence-corrected chi connectivity index (χ1v) is 8.57. The molecule has 0 aliphatic rings. The summed E-state index contributed by atoms with van der Waals surface area (Å²) in [7, 11) is -3.14. The zero-order chi connectivity index (χ0) is 14.3. The van der Waals surface area contributed by atoms with Gasteiger partial charge in [-0.1, -0.05) is 31.5 Å². The lowest BCUT2D eigenvalue weighted by Crippen LogP contribution is -2.24. The maximum Gasteiger partial charge on any atom is 0.179 e. The second-order valence-electron chi connectivity index (χ2n) is 5.42. The van der Waals surface area contributed by atoms with Gasteiger partial charge in [-0.25, -0.2) is 8.42 Å². The van der Waals surface area contributed by atoms with Crippen LogP contribution in [0.4, 0.5) is 0 Å². The lowest BCUT2D eigenvalue weighted by molar-refractivity contribution is 0.531. The van der Waals surface area contributed by atoms with Gasteiger partial charge in [-0.05, 0) is 44.4 Å². The molecule has 0 saturated heterocycles. The largest absolute Gasteiger partial charge is 0.316 e. The lowest BCUT2D eigenvalue weighted by atomic mass is 10.1. The van der Waals surface area contributed by atoms with Crippen LogP contribution < -0.4 is 5.32 Å². The molecule has 0 aliphatic heterocycles. The van der Waals surface area contributed by atoms with Gasteiger partial charge in [0.25, 0.3) is 0 Å². The van der Waals surface area contributed by atoms with Crippen molar-refractivity contribution >= 4 is 9.84 Å². The molecule has 0 heterocycles. The van der Waals surface area contributed by atoms with E-state index in [1.807, 2.05) is 19.1 Å². The lowest BCUT2D eigenvalue weighted by Gasteiger charge is -2.08. The van der Waals surface area contributed by atoms with Gasteiger partial charge in [0.15, 0.2) is 9.84 Å². The zero-order valence-electron chi connectivity index (χ0n) is 12.1. The third-order valence-electron chi connectivity index (χ3n) is 3.06. The van der Waals surface area contributed by atoms with Crippen molar-refractivity contribution in [1.29, 1.82) is 0 Å². The van der Waals surface area contributed by atoms with Crippen molar-refractivity contribution in [1.82, 2.24) is 5.32 Å². The van der Waals surface area contributed by atoms with Crippen LogP contribution in [0.5, 0.6) is 0 Å². The van der Waals surface area contributed by atoms with Crippen LogP contribution in [0.2, 0.25) is 0 Å². The Labute approximate surface area is 117 Å². The standard InChI is InChI=1S/C15H25NO2S/c1-13(2)5-4-10-16-11-12-19(17,18)15-8-6-14(3)7-9-15/h6-9,13,16H,4-5,10-12H2,1-3H3. The van der Waals surface area contributed by atoms with Gasteiger partial charge in [0.05, 0.1) is 10.6 Å². The summed E-state index contributed by atoms with van der Waals surface area (Å²) in [4.78, 5) is 0.419. The Kier molecular flexibility index (Phi) is 6.52. The van der Waals surface area contributed by atoms with Crippen molar-refractivity contribution in [3.63, 3.8) is 0 Å². The monoisotopic (exact) mass is 283 g/mol. The molecule has 0 amide bonds. The molecule has 0 atom stereocenters. The fourth-order valence-corrected chi connectivity index (χ4v) is 3.03. The van der Waals surface area contributed by atoms with Gasteiger partial charge >= 0.3 is 0 Å². The third kappa shape index (κ3) is 6.21. The average Bonchev–Trinajstić information content (AvgIpc) is 2.34. The summed E-state index contributed by atoms with van der Waals surface area (Å²) in [5, 5.41) is 3.20. The summed E-state index contributed by atoms with van der Waals surface area (Å²) >= 11 is 0. The predicted octanol–water partition coefficient (Wildman–Crippen LogP) is 2.79. The highest BCUT2D eigenvalue weighted by atomic mass is 32.2. The highest BCUT2D eigenvalue weighted by Gasteiger charge is 2.13. The third-order valence-corrected chi connectivity index (χ3v) is 4.79. The molecule has 1 aromatic carbocycles. The molecule has 4 heteroatoms. The zero-order valence-corrected chi connectivity index (χ0v) is 13.0. The van der Waals surface area contributed by atoms with Gasteiger partial charge in [0.1, 0.15) is 0 Å². The fourth-order valence-electron chi connectivity index (χ4n) is 1.83. The number of rotatable bonds is 8. The molecule has 1 N–H and O–H groups in total. The van der Waals surface area contributed by atoms with E-state index in [2.05, 4.69) is 19.2 Å². The van der Waals surface area contributed by atoms with E-state index >= 15 is 0 Å². The first-order valence-electron chi connectivity index (χ1n) is 6.92. The molecule has 0 spiro atoms. The Bertz CT molecular complexity index is 463. The number of nitrogens with one attached hydrogen (secondary N) is 1. The van der Waals surface area contributed by atoms with Crippen molar-refractivity contribution in [3.05, 3.63) is 29.8 Å². The highest BCUT2D eigenvalue weighted by molar-refractivity contribution is 7.91. The molecule has 0 fully saturated rings. The Hall–Kier alpha value is -0.870. The quantitative estimate of drug-likeness (QED) is 0.746. The smallest absolute Gasteiger partial charge is 0.179 e. The maximum atomic E-state index is 12.0. The highest BCUT2D eigenvalue weighted by Crippen LogP contribution is 2.11. The van der Waals surface area contributed by atoms with E-state index in [0.29, 0.717) is 17.4 Å². The summed E-state index contributed by atoms with van der Waals surface area (Å²) in [6, 6.07) is 7.04. The molecular formula is C15H25NO2S. The summed E-state index contributed by atoms with van der Waals surface area (Å²) in [5.41, 5.74) is 1.07. The average molecular weight is 283 g/mol. The number of sulfone groups is 1. The van der Waals surface area contributed by atoms with E-state index in [0.717, 1.165) is 18.5 Å². The van der Waals surface area contributed by atoms with Gasteiger partial charge in [-0.15, -0.1) is 0 Å². The summed E-state index contributed by atoms with van der Waals surface area (Å²) in [6.45, 7) is 7.76. The molecule has 0 aliphatic carbocycles. The molecule has 3 nitrogen and oxygen atoms in total. The molecule has 1 aromatic rings. The molecule has 0 unspecified atom stereocenters. The van der Waals surface area contributed by atoms with Crippen LogP contribution in [0.15, 0.2) is 29.2 Å². The number of benzene rings is 1. The molecule has 19 heavy (non-hydrogen) atoms. The Morgan fingerprint density at radius 1 is 1.11 bits per heavy atom. The van der Waals surface area contributed by atoms with Gasteiger partial charge in [-0.2, -0.15) is 0 Å². The van der Waals surface area contributed by atoms with Gasteiger partial charge < -0.3 is 5.32 Å². The number of hydrogen-bond donors (Lipinski definition) is 1. The van der Waals surface area contributed by atoms with Crippen molar-refractivity contribution in [2.45, 2.75) is 38.5 Å². The molecule has 108 valence electrons. The Morgan fingerprint density at radius 3 is 2.32 bits per heavy atom. The van der Waals surface area contributed by atoms with Gasteiger partial charge in [0.2, 0.25) is 0 Å². The van der Waals surface area contributed by atoms with Crippen molar-refractivity contribution in [2.24, 2.45) is 5.92 Å². The number of hydrogen-bond acceptors (Lipinski definition) is 3.